The van der Waals surface area contributed by atoms with Crippen molar-refractivity contribution in [2.24, 2.45) is 11.1 Å². The van der Waals surface area contributed by atoms with Gasteiger partial charge in [0, 0.05) is 31.6 Å². The molecule has 0 radical (unpaired) electrons. The molecule has 0 spiro atoms. The molecule has 2 rings (SSSR count). The lowest BCUT2D eigenvalue weighted by molar-refractivity contribution is -0.122. The van der Waals surface area contributed by atoms with Gasteiger partial charge in [0.15, 0.2) is 0 Å². The minimum absolute atomic E-state index is 0.102. The average molecular weight is 303 g/mol. The summed E-state index contributed by atoms with van der Waals surface area (Å²) in [5, 5.41) is 3.01. The molecule has 0 unspecified atom stereocenters. The number of amides is 1. The fraction of sp³-hybridized carbons (Fsp3) is 0.611. The molecule has 1 aliphatic rings. The smallest absolute Gasteiger partial charge is 0.234 e. The summed E-state index contributed by atoms with van der Waals surface area (Å²) in [5.41, 5.74) is 7.78. The first-order valence-electron chi connectivity index (χ1n) is 8.15. The zero-order valence-electron chi connectivity index (χ0n) is 14.0. The van der Waals surface area contributed by atoms with E-state index in [-0.39, 0.29) is 17.4 Å². The molecule has 0 aliphatic carbocycles. The van der Waals surface area contributed by atoms with Crippen LogP contribution < -0.4 is 11.1 Å². The lowest BCUT2D eigenvalue weighted by Crippen LogP contribution is -2.38. The fourth-order valence-corrected chi connectivity index (χ4v) is 2.93. The van der Waals surface area contributed by atoms with Gasteiger partial charge in [0.2, 0.25) is 5.91 Å². The third-order valence-corrected chi connectivity index (χ3v) is 4.23. The highest BCUT2D eigenvalue weighted by atomic mass is 16.2. The molecule has 4 heteroatoms. The van der Waals surface area contributed by atoms with Gasteiger partial charge in [-0.05, 0) is 17.4 Å². The second-order valence-electron chi connectivity index (χ2n) is 7.54. The van der Waals surface area contributed by atoms with Gasteiger partial charge in [0.25, 0.3) is 0 Å². The van der Waals surface area contributed by atoms with Crippen LogP contribution in [0.1, 0.15) is 38.7 Å². The van der Waals surface area contributed by atoms with Crippen molar-refractivity contribution in [3.05, 3.63) is 35.9 Å². The number of carbonyl (C=O) groups is 1. The maximum Gasteiger partial charge on any atom is 0.234 e. The molecular formula is C18H29N3O. The second kappa shape index (κ2) is 7.25. The molecule has 0 bridgehead atoms. The molecule has 0 aromatic heterocycles. The van der Waals surface area contributed by atoms with E-state index < -0.39 is 0 Å². The molecule has 1 aliphatic heterocycles. The summed E-state index contributed by atoms with van der Waals surface area (Å²) in [6.45, 7) is 9.38. The first kappa shape index (κ1) is 17.0. The topological polar surface area (TPSA) is 58.4 Å². The maximum absolute atomic E-state index is 12.0. The van der Waals surface area contributed by atoms with Crippen LogP contribution in [0.4, 0.5) is 0 Å². The number of nitrogens with two attached hydrogens (primary N) is 1. The first-order chi connectivity index (χ1) is 10.3. The Morgan fingerprint density at radius 3 is 2.59 bits per heavy atom. The zero-order chi connectivity index (χ0) is 16.2. The Hall–Kier alpha value is -1.39. The Bertz CT molecular complexity index is 481. The Balaban J connectivity index is 1.79. The van der Waals surface area contributed by atoms with E-state index in [1.165, 1.54) is 5.56 Å². The van der Waals surface area contributed by atoms with Crippen LogP contribution in [0.2, 0.25) is 0 Å². The van der Waals surface area contributed by atoms with Crippen molar-refractivity contribution in [2.45, 2.75) is 39.2 Å². The Morgan fingerprint density at radius 1 is 1.27 bits per heavy atom. The summed E-state index contributed by atoms with van der Waals surface area (Å²) in [5.74, 6) is 0.425. The summed E-state index contributed by atoms with van der Waals surface area (Å²) >= 11 is 0. The van der Waals surface area contributed by atoms with Gasteiger partial charge in [-0.2, -0.15) is 0 Å². The van der Waals surface area contributed by atoms with Crippen LogP contribution in [-0.4, -0.2) is 43.0 Å². The minimum Gasteiger partial charge on any atom is -0.355 e. The van der Waals surface area contributed by atoms with Crippen LogP contribution in [0.3, 0.4) is 0 Å². The number of nitrogens with zero attached hydrogens (tertiary/aromatic N) is 1. The highest BCUT2D eigenvalue weighted by molar-refractivity contribution is 5.78. The lowest BCUT2D eigenvalue weighted by Gasteiger charge is -2.19. The van der Waals surface area contributed by atoms with Gasteiger partial charge in [-0.3, -0.25) is 9.69 Å². The van der Waals surface area contributed by atoms with Crippen molar-refractivity contribution in [3.63, 3.8) is 0 Å². The highest BCUT2D eigenvalue weighted by Crippen LogP contribution is 2.26. The van der Waals surface area contributed by atoms with Gasteiger partial charge in [-0.15, -0.1) is 0 Å². The summed E-state index contributed by atoms with van der Waals surface area (Å²) < 4.78 is 0. The van der Waals surface area contributed by atoms with Crippen molar-refractivity contribution >= 4 is 5.91 Å². The molecule has 1 amide bonds. The molecule has 122 valence electrons. The van der Waals surface area contributed by atoms with Crippen LogP contribution in [0, 0.1) is 5.41 Å². The van der Waals surface area contributed by atoms with E-state index in [2.05, 4.69) is 43.1 Å². The standard InChI is InChI=1S/C18H29N3O/c1-18(2,3)9-10-20-17(22)13-21-11-15(16(19)12-21)14-7-5-4-6-8-14/h4-8,15-16H,9-13,19H2,1-3H3,(H,20,22)/t15-,16+/m0/s1. The SMILES string of the molecule is CC(C)(C)CCNC(=O)CN1C[C@@H](N)[C@H](c2ccccc2)C1. The maximum atomic E-state index is 12.0. The molecule has 22 heavy (non-hydrogen) atoms. The molecule has 4 nitrogen and oxygen atoms in total. The van der Waals surface area contributed by atoms with Crippen LogP contribution >= 0.6 is 0 Å². The molecular weight excluding hydrogens is 274 g/mol. The van der Waals surface area contributed by atoms with Crippen LogP contribution in [-0.2, 0) is 4.79 Å². The number of benzene rings is 1. The van der Waals surface area contributed by atoms with E-state index in [9.17, 15) is 4.79 Å². The zero-order valence-corrected chi connectivity index (χ0v) is 14.0. The minimum atomic E-state index is 0.102. The molecule has 1 aromatic rings. The fourth-order valence-electron chi connectivity index (χ4n) is 2.93. The Kier molecular flexibility index (Phi) is 5.59. The molecule has 1 saturated heterocycles. The Morgan fingerprint density at radius 2 is 1.95 bits per heavy atom. The highest BCUT2D eigenvalue weighted by Gasteiger charge is 2.31. The van der Waals surface area contributed by atoms with E-state index in [4.69, 9.17) is 5.73 Å². The van der Waals surface area contributed by atoms with E-state index in [1.54, 1.807) is 0 Å². The summed E-state index contributed by atoms with van der Waals surface area (Å²) in [7, 11) is 0. The van der Waals surface area contributed by atoms with Gasteiger partial charge in [0.1, 0.15) is 0 Å². The summed E-state index contributed by atoms with van der Waals surface area (Å²) in [6.07, 6.45) is 0.991. The molecule has 2 atom stereocenters. The van der Waals surface area contributed by atoms with Gasteiger partial charge in [0.05, 0.1) is 6.54 Å². The molecule has 1 aromatic carbocycles. The lowest BCUT2D eigenvalue weighted by atomic mass is 9.92. The van der Waals surface area contributed by atoms with E-state index in [1.807, 2.05) is 18.2 Å². The largest absolute Gasteiger partial charge is 0.355 e. The average Bonchev–Trinajstić information content (AvgIpc) is 2.79. The van der Waals surface area contributed by atoms with E-state index in [0.717, 1.165) is 26.1 Å². The normalized spacial score (nSPS) is 22.7. The van der Waals surface area contributed by atoms with E-state index >= 15 is 0 Å². The van der Waals surface area contributed by atoms with Crippen LogP contribution in [0.25, 0.3) is 0 Å². The summed E-state index contributed by atoms with van der Waals surface area (Å²) in [6, 6.07) is 10.5. The van der Waals surface area contributed by atoms with Crippen LogP contribution in [0.15, 0.2) is 30.3 Å². The van der Waals surface area contributed by atoms with Crippen molar-refractivity contribution in [1.82, 2.24) is 10.2 Å². The number of rotatable bonds is 5. The molecule has 1 fully saturated rings. The molecule has 3 N–H and O–H groups in total. The van der Waals surface area contributed by atoms with Gasteiger partial charge < -0.3 is 11.1 Å². The van der Waals surface area contributed by atoms with Crippen LogP contribution in [0.5, 0.6) is 0 Å². The monoisotopic (exact) mass is 303 g/mol. The van der Waals surface area contributed by atoms with Crippen molar-refractivity contribution in [3.8, 4) is 0 Å². The first-order valence-corrected chi connectivity index (χ1v) is 8.15. The summed E-state index contributed by atoms with van der Waals surface area (Å²) in [4.78, 5) is 14.2. The number of carbonyl (C=O) groups excluding carboxylic acids is 1. The van der Waals surface area contributed by atoms with Crippen molar-refractivity contribution < 1.29 is 4.79 Å². The molecule has 1 heterocycles. The third-order valence-electron chi connectivity index (χ3n) is 4.23. The number of hydrogen-bond acceptors (Lipinski definition) is 3. The second-order valence-corrected chi connectivity index (χ2v) is 7.54. The van der Waals surface area contributed by atoms with Gasteiger partial charge >= 0.3 is 0 Å². The van der Waals surface area contributed by atoms with E-state index in [0.29, 0.717) is 12.5 Å². The predicted molar refractivity (Wildman–Crippen MR) is 90.7 cm³/mol. The number of likely N-dealkylation sites (tertiary alicyclic amines) is 1. The Labute approximate surface area is 134 Å². The van der Waals surface area contributed by atoms with Crippen molar-refractivity contribution in [2.75, 3.05) is 26.2 Å². The number of nitrogens with one attached hydrogen (secondary N) is 1. The third kappa shape index (κ3) is 5.11. The van der Waals surface area contributed by atoms with Gasteiger partial charge in [-0.1, -0.05) is 51.1 Å². The predicted octanol–water partition coefficient (Wildman–Crippen LogP) is 1.97. The number of hydrogen-bond donors (Lipinski definition) is 2. The van der Waals surface area contributed by atoms with Gasteiger partial charge in [-0.25, -0.2) is 0 Å². The van der Waals surface area contributed by atoms with Crippen molar-refractivity contribution in [1.29, 1.82) is 0 Å². The molecule has 0 saturated carbocycles. The quantitative estimate of drug-likeness (QED) is 0.874.